The van der Waals surface area contributed by atoms with Gasteiger partial charge in [-0.25, -0.2) is 4.79 Å². The van der Waals surface area contributed by atoms with Gasteiger partial charge in [0.15, 0.2) is 0 Å². The summed E-state index contributed by atoms with van der Waals surface area (Å²) in [5, 5.41) is 4.59. The monoisotopic (exact) mass is 466 g/mol. The van der Waals surface area contributed by atoms with E-state index in [9.17, 15) is 9.59 Å². The van der Waals surface area contributed by atoms with Crippen molar-refractivity contribution in [2.24, 2.45) is 0 Å². The highest BCUT2D eigenvalue weighted by atomic mass is 35.5. The maximum Gasteiger partial charge on any atom is 0.322 e. The minimum absolute atomic E-state index is 0.157. The number of nitrogens with zero attached hydrogens (tertiary/aromatic N) is 2. The minimum atomic E-state index is -0.222. The van der Waals surface area contributed by atoms with E-state index in [1.807, 2.05) is 26.0 Å². The smallest absolute Gasteiger partial charge is 0.322 e. The number of hydrogen-bond acceptors (Lipinski definition) is 3. The fourth-order valence-corrected chi connectivity index (χ4v) is 4.89. The van der Waals surface area contributed by atoms with Gasteiger partial charge in [0.2, 0.25) is 0 Å². The van der Waals surface area contributed by atoms with Crippen molar-refractivity contribution < 1.29 is 4.79 Å². The summed E-state index contributed by atoms with van der Waals surface area (Å²) < 4.78 is 0. The van der Waals surface area contributed by atoms with Crippen LogP contribution in [0.4, 0.5) is 10.5 Å². The van der Waals surface area contributed by atoms with E-state index in [1.54, 1.807) is 29.2 Å². The van der Waals surface area contributed by atoms with Gasteiger partial charge in [0.25, 0.3) is 5.56 Å². The molecule has 2 aromatic carbocycles. The number of aromatic amines is 1. The van der Waals surface area contributed by atoms with Crippen molar-refractivity contribution in [1.29, 1.82) is 0 Å². The Morgan fingerprint density at radius 1 is 1.21 bits per heavy atom. The Hall–Kier alpha value is -2.83. The fourth-order valence-electron chi connectivity index (χ4n) is 4.77. The van der Waals surface area contributed by atoms with Crippen molar-refractivity contribution >= 4 is 34.2 Å². The lowest BCUT2D eigenvalue weighted by Gasteiger charge is -2.30. The molecular formula is C26H31ClN4O2. The molecule has 1 aliphatic rings. The standard InChI is InChI=1S/C26H31ClN4O2/c1-4-30-11-5-6-22(30)16-31(26(33)28-21-9-7-20(27)8-10-21)15-19-14-23-18(3)12-17(2)13-24(23)29-25(19)32/h7-10,12-14,22H,4-6,11,15-16H2,1-3H3,(H,28,33)(H,29,32)/t22-/m0/s1. The van der Waals surface area contributed by atoms with E-state index in [2.05, 4.69) is 28.2 Å². The summed E-state index contributed by atoms with van der Waals surface area (Å²) in [7, 11) is 0. The molecule has 33 heavy (non-hydrogen) atoms. The number of urea groups is 1. The Morgan fingerprint density at radius 2 is 1.97 bits per heavy atom. The number of hydrogen-bond donors (Lipinski definition) is 2. The van der Waals surface area contributed by atoms with Gasteiger partial charge in [-0.1, -0.05) is 24.6 Å². The van der Waals surface area contributed by atoms with Crippen LogP contribution in [0.2, 0.25) is 5.02 Å². The Kier molecular flexibility index (Phi) is 7.05. The molecule has 0 unspecified atom stereocenters. The average molecular weight is 467 g/mol. The second kappa shape index (κ2) is 9.98. The normalized spacial score (nSPS) is 16.3. The van der Waals surface area contributed by atoms with Gasteiger partial charge >= 0.3 is 6.03 Å². The number of aromatic nitrogens is 1. The van der Waals surface area contributed by atoms with E-state index in [0.717, 1.165) is 48.0 Å². The summed E-state index contributed by atoms with van der Waals surface area (Å²) in [6, 6.07) is 13.1. The quantitative estimate of drug-likeness (QED) is 0.516. The largest absolute Gasteiger partial charge is 0.322 e. The van der Waals surface area contributed by atoms with Gasteiger partial charge in [-0.2, -0.15) is 0 Å². The van der Waals surface area contributed by atoms with Gasteiger partial charge < -0.3 is 15.2 Å². The number of benzene rings is 2. The molecule has 7 heteroatoms. The summed E-state index contributed by atoms with van der Waals surface area (Å²) in [5.74, 6) is 0. The number of anilines is 1. The highest BCUT2D eigenvalue weighted by molar-refractivity contribution is 6.30. The fraction of sp³-hybridized carbons (Fsp3) is 0.385. The first-order valence-corrected chi connectivity index (χ1v) is 11.9. The number of fused-ring (bicyclic) bond motifs is 1. The lowest BCUT2D eigenvalue weighted by atomic mass is 10.0. The van der Waals surface area contributed by atoms with E-state index >= 15 is 0 Å². The van der Waals surface area contributed by atoms with Crippen LogP contribution in [0.1, 0.15) is 36.5 Å². The number of nitrogens with one attached hydrogen (secondary N) is 2. The van der Waals surface area contributed by atoms with E-state index in [-0.39, 0.29) is 24.2 Å². The number of carbonyl (C=O) groups excluding carboxylic acids is 1. The van der Waals surface area contributed by atoms with E-state index < -0.39 is 0 Å². The molecule has 0 spiro atoms. The van der Waals surface area contributed by atoms with Gasteiger partial charge in [-0.15, -0.1) is 0 Å². The molecule has 2 amide bonds. The number of carbonyl (C=O) groups is 1. The van der Waals surface area contributed by atoms with E-state index in [0.29, 0.717) is 22.8 Å². The van der Waals surface area contributed by atoms with E-state index in [1.165, 1.54) is 0 Å². The lowest BCUT2D eigenvalue weighted by Crippen LogP contribution is -2.45. The van der Waals surface area contributed by atoms with Gasteiger partial charge in [0.1, 0.15) is 0 Å². The zero-order chi connectivity index (χ0) is 23.5. The Labute approximate surface area is 199 Å². The van der Waals surface area contributed by atoms with Crippen molar-refractivity contribution in [2.45, 2.75) is 46.2 Å². The zero-order valence-corrected chi connectivity index (χ0v) is 20.2. The summed E-state index contributed by atoms with van der Waals surface area (Å²) in [5.41, 5.74) is 4.14. The van der Waals surface area contributed by atoms with Crippen LogP contribution >= 0.6 is 11.6 Å². The van der Waals surface area contributed by atoms with Crippen molar-refractivity contribution in [3.63, 3.8) is 0 Å². The summed E-state index contributed by atoms with van der Waals surface area (Å²) >= 11 is 5.98. The summed E-state index contributed by atoms with van der Waals surface area (Å²) in [6.07, 6.45) is 2.17. The van der Waals surface area contributed by atoms with Gasteiger partial charge in [-0.05, 0) is 87.3 Å². The molecule has 0 radical (unpaired) electrons. The SMILES string of the molecule is CCN1CCC[C@H]1CN(Cc1cc2c(C)cc(C)cc2[nH]c1=O)C(=O)Nc1ccc(Cl)cc1. The molecule has 1 aliphatic heterocycles. The first-order valence-electron chi connectivity index (χ1n) is 11.5. The molecule has 174 valence electrons. The Bertz CT molecular complexity index is 1210. The van der Waals surface area contributed by atoms with Gasteiger partial charge in [0, 0.05) is 39.8 Å². The predicted molar refractivity (Wildman–Crippen MR) is 135 cm³/mol. The number of H-pyrrole nitrogens is 1. The third-order valence-corrected chi connectivity index (χ3v) is 6.72. The molecule has 1 saturated heterocycles. The molecule has 1 atom stereocenters. The number of halogens is 1. The number of likely N-dealkylation sites (N-methyl/N-ethyl adjacent to an activating group) is 1. The lowest BCUT2D eigenvalue weighted by molar-refractivity contribution is 0.174. The molecule has 4 rings (SSSR count). The number of likely N-dealkylation sites (tertiary alicyclic amines) is 1. The first kappa shape index (κ1) is 23.3. The molecule has 0 bridgehead atoms. The Morgan fingerprint density at radius 3 is 2.70 bits per heavy atom. The highest BCUT2D eigenvalue weighted by Crippen LogP contribution is 2.22. The van der Waals surface area contributed by atoms with Crippen LogP contribution in [0, 0.1) is 13.8 Å². The van der Waals surface area contributed by atoms with Crippen LogP contribution in [-0.4, -0.2) is 46.5 Å². The molecule has 2 heterocycles. The second-order valence-electron chi connectivity index (χ2n) is 8.91. The molecular weight excluding hydrogens is 436 g/mol. The molecule has 0 saturated carbocycles. The third kappa shape index (κ3) is 5.40. The summed E-state index contributed by atoms with van der Waals surface area (Å²) in [4.78, 5) is 33.4. The zero-order valence-electron chi connectivity index (χ0n) is 19.5. The van der Waals surface area contributed by atoms with Crippen LogP contribution in [-0.2, 0) is 6.54 Å². The van der Waals surface area contributed by atoms with Crippen molar-refractivity contribution in [2.75, 3.05) is 25.0 Å². The minimum Gasteiger partial charge on any atom is -0.322 e. The average Bonchev–Trinajstić information content (AvgIpc) is 3.22. The molecule has 6 nitrogen and oxygen atoms in total. The second-order valence-corrected chi connectivity index (χ2v) is 9.35. The number of pyridine rings is 1. The predicted octanol–water partition coefficient (Wildman–Crippen LogP) is 5.32. The van der Waals surface area contributed by atoms with Gasteiger partial charge in [0.05, 0.1) is 6.54 Å². The molecule has 1 fully saturated rings. The van der Waals surface area contributed by atoms with Crippen molar-refractivity contribution in [3.8, 4) is 0 Å². The maximum atomic E-state index is 13.3. The Balaban J connectivity index is 1.63. The summed E-state index contributed by atoms with van der Waals surface area (Å²) in [6.45, 7) is 9.01. The van der Waals surface area contributed by atoms with Crippen LogP contribution in [0.25, 0.3) is 10.9 Å². The third-order valence-electron chi connectivity index (χ3n) is 6.47. The number of aryl methyl sites for hydroxylation is 2. The number of amides is 2. The van der Waals surface area contributed by atoms with Crippen LogP contribution < -0.4 is 10.9 Å². The topological polar surface area (TPSA) is 68.4 Å². The molecule has 0 aliphatic carbocycles. The van der Waals surface area contributed by atoms with Crippen molar-refractivity contribution in [3.05, 3.63) is 74.5 Å². The molecule has 3 aromatic rings. The van der Waals surface area contributed by atoms with Crippen LogP contribution in [0.5, 0.6) is 0 Å². The van der Waals surface area contributed by atoms with E-state index in [4.69, 9.17) is 11.6 Å². The van der Waals surface area contributed by atoms with Crippen LogP contribution in [0.15, 0.2) is 47.3 Å². The first-order chi connectivity index (χ1) is 15.8. The molecule has 2 N–H and O–H groups in total. The van der Waals surface area contributed by atoms with Gasteiger partial charge in [-0.3, -0.25) is 9.69 Å². The highest BCUT2D eigenvalue weighted by Gasteiger charge is 2.28. The maximum absolute atomic E-state index is 13.3. The van der Waals surface area contributed by atoms with Crippen LogP contribution in [0.3, 0.4) is 0 Å². The molecule has 1 aromatic heterocycles. The number of rotatable bonds is 6. The van der Waals surface area contributed by atoms with Crippen molar-refractivity contribution in [1.82, 2.24) is 14.8 Å².